The van der Waals surface area contributed by atoms with Crippen LogP contribution in [0.25, 0.3) is 0 Å². The molecule has 0 saturated heterocycles. The lowest BCUT2D eigenvalue weighted by Crippen LogP contribution is -2.27. The fourth-order valence-corrected chi connectivity index (χ4v) is 1.71. The Labute approximate surface area is 122 Å². The predicted octanol–water partition coefficient (Wildman–Crippen LogP) is 2.41. The van der Waals surface area contributed by atoms with Crippen LogP contribution in [-0.2, 0) is 4.79 Å². The molecular weight excluding hydrogens is 268 g/mol. The van der Waals surface area contributed by atoms with Crippen molar-refractivity contribution in [3.8, 4) is 5.75 Å². The molecule has 0 bridgehead atoms. The maximum absolute atomic E-state index is 11.8. The van der Waals surface area contributed by atoms with Gasteiger partial charge in [0.15, 0.2) is 6.73 Å². The molecule has 2 aromatic rings. The average molecular weight is 284 g/mol. The van der Waals surface area contributed by atoms with Crippen LogP contribution in [0.1, 0.15) is 17.3 Å². The van der Waals surface area contributed by atoms with Crippen LogP contribution in [-0.4, -0.2) is 18.5 Å². The van der Waals surface area contributed by atoms with E-state index in [4.69, 9.17) is 4.74 Å². The van der Waals surface area contributed by atoms with E-state index >= 15 is 0 Å². The zero-order chi connectivity index (χ0) is 15.1. The fraction of sp³-hybridized carbons (Fsp3) is 0.125. The average Bonchev–Trinajstić information content (AvgIpc) is 2.49. The SMILES string of the molecule is CC(=O)Nc1ccc(OCNC(=O)c2ccccc2)cc1. The molecule has 0 saturated carbocycles. The smallest absolute Gasteiger partial charge is 0.253 e. The van der Waals surface area contributed by atoms with E-state index in [9.17, 15) is 9.59 Å². The molecule has 0 aliphatic heterocycles. The summed E-state index contributed by atoms with van der Waals surface area (Å²) >= 11 is 0. The van der Waals surface area contributed by atoms with E-state index < -0.39 is 0 Å². The minimum absolute atomic E-state index is 0.0766. The quantitative estimate of drug-likeness (QED) is 0.829. The van der Waals surface area contributed by atoms with Crippen LogP contribution in [0.4, 0.5) is 5.69 Å². The van der Waals surface area contributed by atoms with Gasteiger partial charge < -0.3 is 15.4 Å². The highest BCUT2D eigenvalue weighted by molar-refractivity contribution is 5.94. The number of rotatable bonds is 5. The minimum atomic E-state index is -0.189. The Kier molecular flexibility index (Phi) is 4.93. The number of benzene rings is 2. The van der Waals surface area contributed by atoms with Crippen LogP contribution >= 0.6 is 0 Å². The number of hydrogen-bond donors (Lipinski definition) is 2. The Hall–Kier alpha value is -2.82. The van der Waals surface area contributed by atoms with E-state index in [1.807, 2.05) is 6.07 Å². The van der Waals surface area contributed by atoms with Crippen molar-refractivity contribution in [3.05, 3.63) is 60.2 Å². The monoisotopic (exact) mass is 284 g/mol. The lowest BCUT2D eigenvalue weighted by atomic mass is 10.2. The summed E-state index contributed by atoms with van der Waals surface area (Å²) in [6, 6.07) is 15.8. The zero-order valence-corrected chi connectivity index (χ0v) is 11.6. The van der Waals surface area contributed by atoms with Crippen molar-refractivity contribution in [1.82, 2.24) is 5.32 Å². The van der Waals surface area contributed by atoms with Gasteiger partial charge in [0.2, 0.25) is 5.91 Å². The molecule has 0 aliphatic rings. The fourth-order valence-electron chi connectivity index (χ4n) is 1.71. The van der Waals surface area contributed by atoms with E-state index in [1.165, 1.54) is 6.92 Å². The first kappa shape index (κ1) is 14.6. The summed E-state index contributed by atoms with van der Waals surface area (Å²) in [6.45, 7) is 1.52. The first-order valence-electron chi connectivity index (χ1n) is 6.49. The Morgan fingerprint density at radius 3 is 2.29 bits per heavy atom. The molecule has 5 nitrogen and oxygen atoms in total. The highest BCUT2D eigenvalue weighted by Gasteiger charge is 2.03. The van der Waals surface area contributed by atoms with Gasteiger partial charge in [-0.15, -0.1) is 0 Å². The molecule has 0 aliphatic carbocycles. The van der Waals surface area contributed by atoms with Crippen molar-refractivity contribution in [2.24, 2.45) is 0 Å². The second-order valence-corrected chi connectivity index (χ2v) is 4.37. The highest BCUT2D eigenvalue weighted by Crippen LogP contribution is 2.15. The van der Waals surface area contributed by atoms with Crippen molar-refractivity contribution in [2.45, 2.75) is 6.92 Å². The molecule has 0 fully saturated rings. The molecule has 2 amide bonds. The van der Waals surface area contributed by atoms with E-state index in [1.54, 1.807) is 48.5 Å². The molecule has 2 aromatic carbocycles. The molecule has 2 rings (SSSR count). The molecule has 108 valence electrons. The van der Waals surface area contributed by atoms with Gasteiger partial charge in [0, 0.05) is 18.2 Å². The van der Waals surface area contributed by atoms with Gasteiger partial charge in [-0.1, -0.05) is 18.2 Å². The molecule has 0 aromatic heterocycles. The number of nitrogens with one attached hydrogen (secondary N) is 2. The Morgan fingerprint density at radius 2 is 1.67 bits per heavy atom. The number of amides is 2. The standard InChI is InChI=1S/C16H16N2O3/c1-12(19)18-14-7-9-15(10-8-14)21-11-17-16(20)13-5-3-2-4-6-13/h2-10H,11H2,1H3,(H,17,20)(H,18,19). The largest absolute Gasteiger partial charge is 0.473 e. The third-order valence-electron chi connectivity index (χ3n) is 2.68. The normalized spacial score (nSPS) is 9.76. The van der Waals surface area contributed by atoms with Gasteiger partial charge in [-0.2, -0.15) is 0 Å². The summed E-state index contributed by atoms with van der Waals surface area (Å²) in [4.78, 5) is 22.7. The van der Waals surface area contributed by atoms with Gasteiger partial charge in [0.1, 0.15) is 5.75 Å². The van der Waals surface area contributed by atoms with E-state index in [-0.39, 0.29) is 18.5 Å². The number of hydrogen-bond acceptors (Lipinski definition) is 3. The van der Waals surface area contributed by atoms with Crippen LogP contribution in [0, 0.1) is 0 Å². The Bertz CT molecular complexity index is 609. The highest BCUT2D eigenvalue weighted by atomic mass is 16.5. The lowest BCUT2D eigenvalue weighted by Gasteiger charge is -2.09. The molecule has 5 heteroatoms. The van der Waals surface area contributed by atoms with E-state index in [0.717, 1.165) is 0 Å². The molecule has 21 heavy (non-hydrogen) atoms. The molecular formula is C16H16N2O3. The minimum Gasteiger partial charge on any atom is -0.473 e. The molecule has 2 N–H and O–H groups in total. The van der Waals surface area contributed by atoms with Crippen LogP contribution in [0.5, 0.6) is 5.75 Å². The second kappa shape index (κ2) is 7.09. The summed E-state index contributed by atoms with van der Waals surface area (Å²) in [7, 11) is 0. The number of carbonyl (C=O) groups excluding carboxylic acids is 2. The molecule has 0 spiro atoms. The Morgan fingerprint density at radius 1 is 1.00 bits per heavy atom. The summed E-state index contributed by atoms with van der Waals surface area (Å²) in [5, 5.41) is 5.33. The van der Waals surface area contributed by atoms with Crippen LogP contribution < -0.4 is 15.4 Å². The van der Waals surface area contributed by atoms with Crippen molar-refractivity contribution in [3.63, 3.8) is 0 Å². The summed E-state index contributed by atoms with van der Waals surface area (Å²) in [5.41, 5.74) is 1.28. The summed E-state index contributed by atoms with van der Waals surface area (Å²) in [5.74, 6) is 0.293. The second-order valence-electron chi connectivity index (χ2n) is 4.37. The zero-order valence-electron chi connectivity index (χ0n) is 11.6. The van der Waals surface area contributed by atoms with Gasteiger partial charge in [-0.25, -0.2) is 0 Å². The lowest BCUT2D eigenvalue weighted by molar-refractivity contribution is -0.114. The van der Waals surface area contributed by atoms with Gasteiger partial charge in [0.05, 0.1) is 0 Å². The third-order valence-corrected chi connectivity index (χ3v) is 2.68. The molecule has 0 radical (unpaired) electrons. The first-order valence-corrected chi connectivity index (χ1v) is 6.49. The maximum atomic E-state index is 11.8. The van der Waals surface area contributed by atoms with E-state index in [0.29, 0.717) is 17.0 Å². The molecule has 0 heterocycles. The van der Waals surface area contributed by atoms with E-state index in [2.05, 4.69) is 10.6 Å². The number of ether oxygens (including phenoxy) is 1. The van der Waals surface area contributed by atoms with Crippen LogP contribution in [0.3, 0.4) is 0 Å². The van der Waals surface area contributed by atoms with Gasteiger partial charge in [0.25, 0.3) is 5.91 Å². The topological polar surface area (TPSA) is 67.4 Å². The number of anilines is 1. The predicted molar refractivity (Wildman–Crippen MR) is 80.1 cm³/mol. The van der Waals surface area contributed by atoms with Gasteiger partial charge in [-0.05, 0) is 36.4 Å². The van der Waals surface area contributed by atoms with Gasteiger partial charge in [-0.3, -0.25) is 9.59 Å². The third kappa shape index (κ3) is 4.65. The van der Waals surface area contributed by atoms with Crippen LogP contribution in [0.15, 0.2) is 54.6 Å². The van der Waals surface area contributed by atoms with Crippen molar-refractivity contribution in [1.29, 1.82) is 0 Å². The summed E-state index contributed by atoms with van der Waals surface area (Å²) < 4.78 is 5.41. The first-order chi connectivity index (χ1) is 10.1. The van der Waals surface area contributed by atoms with Crippen molar-refractivity contribution in [2.75, 3.05) is 12.0 Å². The molecule has 0 atom stereocenters. The number of carbonyl (C=O) groups is 2. The summed E-state index contributed by atoms with van der Waals surface area (Å²) in [6.07, 6.45) is 0. The molecule has 0 unspecified atom stereocenters. The van der Waals surface area contributed by atoms with Crippen molar-refractivity contribution >= 4 is 17.5 Å². The van der Waals surface area contributed by atoms with Crippen molar-refractivity contribution < 1.29 is 14.3 Å². The van der Waals surface area contributed by atoms with Gasteiger partial charge >= 0.3 is 0 Å². The maximum Gasteiger partial charge on any atom is 0.253 e. The van der Waals surface area contributed by atoms with Crippen LogP contribution in [0.2, 0.25) is 0 Å². The Balaban J connectivity index is 1.81.